The van der Waals surface area contributed by atoms with E-state index in [4.69, 9.17) is 9.79 Å². The fraction of sp³-hybridized carbons (Fsp3) is 0.500. The SMILES string of the molecule is CC(=O)OP(=O)(O)O.[KH]. The van der Waals surface area contributed by atoms with Gasteiger partial charge in [-0.3, -0.25) is 14.6 Å². The summed E-state index contributed by atoms with van der Waals surface area (Å²) in [6, 6.07) is 0. The van der Waals surface area contributed by atoms with Gasteiger partial charge in [0.2, 0.25) is 0 Å². The van der Waals surface area contributed by atoms with Gasteiger partial charge < -0.3 is 4.52 Å². The quantitative estimate of drug-likeness (QED) is 0.399. The molecule has 0 spiro atoms. The van der Waals surface area contributed by atoms with Gasteiger partial charge in [0.25, 0.3) is 0 Å². The summed E-state index contributed by atoms with van der Waals surface area (Å²) >= 11 is 0. The van der Waals surface area contributed by atoms with Gasteiger partial charge in [-0.1, -0.05) is 0 Å². The summed E-state index contributed by atoms with van der Waals surface area (Å²) in [6.07, 6.45) is 0. The third-order valence-corrected chi connectivity index (χ3v) is 0.742. The Kier molecular flexibility index (Phi) is 7.13. The molecule has 0 saturated carbocycles. The number of hydrogen-bond donors (Lipinski definition) is 2. The fourth-order valence-corrected chi connectivity index (χ4v) is 0.502. The monoisotopic (exact) mass is 180 g/mol. The van der Waals surface area contributed by atoms with Crippen molar-refractivity contribution >= 4 is 65.2 Å². The molecule has 0 aliphatic heterocycles. The van der Waals surface area contributed by atoms with E-state index in [2.05, 4.69) is 4.52 Å². The average molecular weight is 180 g/mol. The van der Waals surface area contributed by atoms with Gasteiger partial charge >= 0.3 is 65.2 Å². The first kappa shape index (κ1) is 12.9. The second kappa shape index (κ2) is 4.98. The maximum atomic E-state index is 9.74. The summed E-state index contributed by atoms with van der Waals surface area (Å²) in [6.45, 7) is 0.916. The molecule has 5 nitrogen and oxygen atoms in total. The summed E-state index contributed by atoms with van der Waals surface area (Å²) in [4.78, 5) is 25.5. The Balaban J connectivity index is 0. The molecule has 0 aromatic rings. The minimum atomic E-state index is -4.57. The molecule has 0 rings (SSSR count). The van der Waals surface area contributed by atoms with Crippen LogP contribution in [0.1, 0.15) is 6.92 Å². The van der Waals surface area contributed by atoms with Crippen LogP contribution < -0.4 is 0 Å². The molecule has 0 aliphatic carbocycles. The van der Waals surface area contributed by atoms with Crippen LogP contribution >= 0.6 is 7.82 Å². The van der Waals surface area contributed by atoms with Crippen LogP contribution in [0.3, 0.4) is 0 Å². The van der Waals surface area contributed by atoms with Gasteiger partial charge in [0.05, 0.1) is 0 Å². The van der Waals surface area contributed by atoms with Crippen LogP contribution in [0.5, 0.6) is 0 Å². The third kappa shape index (κ3) is 12.5. The third-order valence-electron chi connectivity index (χ3n) is 0.247. The van der Waals surface area contributed by atoms with Crippen molar-refractivity contribution in [3.8, 4) is 0 Å². The topological polar surface area (TPSA) is 83.8 Å². The molecule has 0 fully saturated rings. The Morgan fingerprint density at radius 3 is 1.89 bits per heavy atom. The van der Waals surface area contributed by atoms with Crippen LogP contribution in [0.2, 0.25) is 0 Å². The van der Waals surface area contributed by atoms with E-state index in [1.807, 2.05) is 0 Å². The van der Waals surface area contributed by atoms with Crippen molar-refractivity contribution < 1.29 is 23.7 Å². The second-order valence-electron chi connectivity index (χ2n) is 1.07. The molecule has 7 heteroatoms. The van der Waals surface area contributed by atoms with Crippen molar-refractivity contribution in [1.29, 1.82) is 0 Å². The predicted molar refractivity (Wildman–Crippen MR) is 31.0 cm³/mol. The van der Waals surface area contributed by atoms with Crippen molar-refractivity contribution in [2.45, 2.75) is 6.92 Å². The van der Waals surface area contributed by atoms with Gasteiger partial charge in [-0.05, 0) is 0 Å². The Bertz CT molecular complexity index is 138. The normalized spacial score (nSPS) is 9.67. The minimum absolute atomic E-state index is 0. The van der Waals surface area contributed by atoms with Gasteiger partial charge in [-0.2, -0.15) is 0 Å². The van der Waals surface area contributed by atoms with E-state index in [1.54, 1.807) is 0 Å². The first-order valence-electron chi connectivity index (χ1n) is 1.67. The average Bonchev–Trinajstić information content (AvgIpc) is 1.21. The van der Waals surface area contributed by atoms with Crippen LogP contribution in [0.4, 0.5) is 0 Å². The summed E-state index contributed by atoms with van der Waals surface area (Å²) < 4.78 is 13.2. The van der Waals surface area contributed by atoms with E-state index in [0.29, 0.717) is 0 Å². The van der Waals surface area contributed by atoms with Crippen LogP contribution in [0, 0.1) is 0 Å². The van der Waals surface area contributed by atoms with E-state index in [-0.39, 0.29) is 51.4 Å². The second-order valence-corrected chi connectivity index (χ2v) is 2.24. The van der Waals surface area contributed by atoms with E-state index >= 15 is 0 Å². The molecule has 0 saturated heterocycles. The molecule has 2 N–H and O–H groups in total. The van der Waals surface area contributed by atoms with E-state index in [9.17, 15) is 9.36 Å². The Hall–Kier alpha value is 1.26. The molecule has 0 aromatic heterocycles. The zero-order chi connectivity index (χ0) is 6.78. The Morgan fingerprint density at radius 2 is 1.89 bits per heavy atom. The molecule has 0 heterocycles. The summed E-state index contributed by atoms with van der Waals surface area (Å²) in [5, 5.41) is 0. The van der Waals surface area contributed by atoms with Gasteiger partial charge in [0.15, 0.2) is 0 Å². The number of phosphoric ester groups is 1. The predicted octanol–water partition coefficient (Wildman–Crippen LogP) is -1.01. The molecular weight excluding hydrogens is 174 g/mol. The van der Waals surface area contributed by atoms with Crippen molar-refractivity contribution in [3.63, 3.8) is 0 Å². The maximum absolute atomic E-state index is 9.74. The zero-order valence-corrected chi connectivity index (χ0v) is 4.96. The molecule has 0 aromatic carbocycles. The van der Waals surface area contributed by atoms with E-state index < -0.39 is 13.8 Å². The number of hydrogen-bond acceptors (Lipinski definition) is 3. The number of carbonyl (C=O) groups is 1. The van der Waals surface area contributed by atoms with Crippen LogP contribution in [-0.2, 0) is 13.9 Å². The summed E-state index contributed by atoms with van der Waals surface area (Å²) in [7, 11) is -4.57. The van der Waals surface area contributed by atoms with Gasteiger partial charge in [-0.25, -0.2) is 4.57 Å². The number of rotatable bonds is 1. The van der Waals surface area contributed by atoms with Crippen LogP contribution in [-0.4, -0.2) is 67.1 Å². The molecular formula is C2H6KO5P. The van der Waals surface area contributed by atoms with Gasteiger partial charge in [-0.15, -0.1) is 0 Å². The van der Waals surface area contributed by atoms with Crippen molar-refractivity contribution in [2.75, 3.05) is 0 Å². The molecule has 0 bridgehead atoms. The van der Waals surface area contributed by atoms with E-state index in [1.165, 1.54) is 0 Å². The summed E-state index contributed by atoms with van der Waals surface area (Å²) in [5.74, 6) is -0.988. The van der Waals surface area contributed by atoms with Crippen molar-refractivity contribution in [3.05, 3.63) is 0 Å². The molecule has 0 unspecified atom stereocenters. The standard InChI is InChI=1S/C2H5O5P.K.H/c1-2(3)7-8(4,5)6;;/h1H3,(H2,4,5,6);;. The summed E-state index contributed by atoms with van der Waals surface area (Å²) in [5.41, 5.74) is 0. The zero-order valence-electron chi connectivity index (χ0n) is 4.07. The Labute approximate surface area is 94.4 Å². The Morgan fingerprint density at radius 1 is 1.56 bits per heavy atom. The number of phosphoric acid groups is 1. The molecule has 50 valence electrons. The van der Waals surface area contributed by atoms with Gasteiger partial charge in [0, 0.05) is 6.92 Å². The van der Waals surface area contributed by atoms with Gasteiger partial charge in [0.1, 0.15) is 0 Å². The first-order valence-corrected chi connectivity index (χ1v) is 3.20. The first-order chi connectivity index (χ1) is 3.42. The van der Waals surface area contributed by atoms with Crippen molar-refractivity contribution in [2.24, 2.45) is 0 Å². The van der Waals surface area contributed by atoms with E-state index in [0.717, 1.165) is 6.92 Å². The molecule has 0 radical (unpaired) electrons. The fourth-order valence-electron chi connectivity index (χ4n) is 0.167. The molecule has 0 atom stereocenters. The van der Waals surface area contributed by atoms with Crippen LogP contribution in [0.25, 0.3) is 0 Å². The molecule has 0 aliphatic rings. The molecule has 9 heavy (non-hydrogen) atoms. The van der Waals surface area contributed by atoms with Crippen LogP contribution in [0.15, 0.2) is 0 Å². The van der Waals surface area contributed by atoms with Crippen molar-refractivity contribution in [1.82, 2.24) is 0 Å². The number of carbonyl (C=O) groups excluding carboxylic acids is 1. The molecule has 0 amide bonds.